The van der Waals surface area contributed by atoms with Gasteiger partial charge in [-0.25, -0.2) is 9.37 Å². The zero-order valence-corrected chi connectivity index (χ0v) is 16.7. The number of hydrogen-bond acceptors (Lipinski definition) is 4. The molecule has 2 heterocycles. The Morgan fingerprint density at radius 1 is 1.10 bits per heavy atom. The summed E-state index contributed by atoms with van der Waals surface area (Å²) < 4.78 is 18.6. The lowest BCUT2D eigenvalue weighted by molar-refractivity contribution is -0.135. The fourth-order valence-electron chi connectivity index (χ4n) is 3.51. The van der Waals surface area contributed by atoms with Crippen LogP contribution in [0.2, 0.25) is 0 Å². The minimum absolute atomic E-state index is 0.0125. The number of nitrogens with zero attached hydrogens (tertiary/aromatic N) is 3. The first-order valence-corrected chi connectivity index (χ1v) is 9.79. The number of carbonyl (C=O) groups is 2. The number of rotatable bonds is 4. The smallest absolute Gasteiger partial charge is 0.254 e. The molecule has 4 rings (SSSR count). The summed E-state index contributed by atoms with van der Waals surface area (Å²) >= 11 is 0. The molecule has 6 nitrogen and oxygen atoms in total. The zero-order chi connectivity index (χ0) is 21.1. The summed E-state index contributed by atoms with van der Waals surface area (Å²) in [7, 11) is 1.62. The number of aromatic nitrogens is 1. The van der Waals surface area contributed by atoms with E-state index in [9.17, 15) is 14.0 Å². The Hall–Kier alpha value is -3.32. The molecule has 1 aliphatic heterocycles. The lowest BCUT2D eigenvalue weighted by atomic mass is 10.0. The van der Waals surface area contributed by atoms with Gasteiger partial charge in [0.05, 0.1) is 36.5 Å². The van der Waals surface area contributed by atoms with Gasteiger partial charge in [-0.3, -0.25) is 9.59 Å². The van der Waals surface area contributed by atoms with Crippen LogP contribution < -0.4 is 0 Å². The molecule has 1 saturated heterocycles. The van der Waals surface area contributed by atoms with Crippen LogP contribution in [-0.4, -0.2) is 66.5 Å². The third-order valence-electron chi connectivity index (χ3n) is 5.17. The summed E-state index contributed by atoms with van der Waals surface area (Å²) in [5, 5.41) is 0.707. The minimum atomic E-state index is -0.336. The lowest BCUT2D eigenvalue weighted by Gasteiger charge is -2.29. The molecule has 0 saturated carbocycles. The van der Waals surface area contributed by atoms with Gasteiger partial charge in [0.2, 0.25) is 5.91 Å². The van der Waals surface area contributed by atoms with Gasteiger partial charge in [0.25, 0.3) is 5.91 Å². The van der Waals surface area contributed by atoms with Crippen LogP contribution in [-0.2, 0) is 9.53 Å². The van der Waals surface area contributed by atoms with E-state index >= 15 is 0 Å². The molecule has 2 amide bonds. The molecule has 0 N–H and O–H groups in total. The molecule has 0 spiro atoms. The van der Waals surface area contributed by atoms with E-state index in [1.54, 1.807) is 30.1 Å². The Bertz CT molecular complexity index is 1080. The number of ether oxygens (including phenoxy) is 1. The van der Waals surface area contributed by atoms with Gasteiger partial charge in [-0.1, -0.05) is 18.2 Å². The Balaban J connectivity index is 1.65. The molecule has 0 radical (unpaired) electrons. The van der Waals surface area contributed by atoms with Crippen LogP contribution in [0, 0.1) is 5.82 Å². The summed E-state index contributed by atoms with van der Waals surface area (Å²) in [6.07, 6.45) is 0. The van der Waals surface area contributed by atoms with Gasteiger partial charge < -0.3 is 14.5 Å². The number of fused-ring (bicyclic) bond motifs is 1. The number of pyridine rings is 1. The molecule has 154 valence electrons. The van der Waals surface area contributed by atoms with Crippen molar-refractivity contribution in [2.24, 2.45) is 0 Å². The van der Waals surface area contributed by atoms with Gasteiger partial charge in [-0.15, -0.1) is 0 Å². The van der Waals surface area contributed by atoms with Crippen molar-refractivity contribution in [1.29, 1.82) is 0 Å². The van der Waals surface area contributed by atoms with Crippen LogP contribution in [0.5, 0.6) is 0 Å². The quantitative estimate of drug-likeness (QED) is 0.667. The highest BCUT2D eigenvalue weighted by molar-refractivity contribution is 6.07. The van der Waals surface area contributed by atoms with Gasteiger partial charge >= 0.3 is 0 Å². The van der Waals surface area contributed by atoms with E-state index in [1.165, 1.54) is 17.0 Å². The molecule has 3 aromatic rings. The first-order chi connectivity index (χ1) is 14.5. The topological polar surface area (TPSA) is 62.7 Å². The molecule has 30 heavy (non-hydrogen) atoms. The van der Waals surface area contributed by atoms with Crippen molar-refractivity contribution in [1.82, 2.24) is 14.8 Å². The Labute approximate surface area is 173 Å². The number of likely N-dealkylation sites (N-methyl/N-ethyl adjacent to an activating group) is 1. The second kappa shape index (κ2) is 8.59. The molecule has 1 aromatic heterocycles. The number of benzene rings is 2. The number of carbonyl (C=O) groups excluding carboxylic acids is 2. The highest BCUT2D eigenvalue weighted by Crippen LogP contribution is 2.26. The zero-order valence-electron chi connectivity index (χ0n) is 16.7. The largest absolute Gasteiger partial charge is 0.378 e. The number of halogens is 1. The molecule has 0 bridgehead atoms. The number of para-hydroxylation sites is 1. The average Bonchev–Trinajstić information content (AvgIpc) is 2.78. The van der Waals surface area contributed by atoms with Crippen LogP contribution in [0.1, 0.15) is 10.4 Å². The summed E-state index contributed by atoms with van der Waals surface area (Å²) in [6.45, 7) is 2.09. The fraction of sp³-hybridized carbons (Fsp3) is 0.261. The predicted octanol–water partition coefficient (Wildman–Crippen LogP) is 2.97. The van der Waals surface area contributed by atoms with Crippen LogP contribution in [0.4, 0.5) is 4.39 Å². The SMILES string of the molecule is CN(CC(=O)N1CCOCC1)C(=O)c1cc(-c2ccc(F)cc2)nc2ccccc12. The summed E-state index contributed by atoms with van der Waals surface area (Å²) in [5.74, 6) is -0.706. The molecule has 7 heteroatoms. The van der Waals surface area contributed by atoms with E-state index in [2.05, 4.69) is 4.98 Å². The van der Waals surface area contributed by atoms with Crippen molar-refractivity contribution < 1.29 is 18.7 Å². The highest BCUT2D eigenvalue weighted by Gasteiger charge is 2.23. The maximum Gasteiger partial charge on any atom is 0.254 e. The van der Waals surface area contributed by atoms with Gasteiger partial charge in [0, 0.05) is 31.1 Å². The van der Waals surface area contributed by atoms with Gasteiger partial charge in [0.1, 0.15) is 5.82 Å². The van der Waals surface area contributed by atoms with Gasteiger partial charge in [-0.05, 0) is 36.4 Å². The second-order valence-electron chi connectivity index (χ2n) is 7.23. The van der Waals surface area contributed by atoms with Crippen molar-refractivity contribution in [3.8, 4) is 11.3 Å². The monoisotopic (exact) mass is 407 g/mol. The van der Waals surface area contributed by atoms with Crippen LogP contribution in [0.15, 0.2) is 54.6 Å². The van der Waals surface area contributed by atoms with E-state index in [0.717, 1.165) is 0 Å². The number of hydrogen-bond donors (Lipinski definition) is 0. The van der Waals surface area contributed by atoms with Crippen molar-refractivity contribution in [3.05, 3.63) is 66.0 Å². The Morgan fingerprint density at radius 2 is 1.80 bits per heavy atom. The van der Waals surface area contributed by atoms with Crippen molar-refractivity contribution >= 4 is 22.7 Å². The van der Waals surface area contributed by atoms with E-state index < -0.39 is 0 Å². The normalized spacial score (nSPS) is 14.0. The molecular weight excluding hydrogens is 385 g/mol. The molecule has 2 aromatic carbocycles. The third kappa shape index (κ3) is 4.16. The van der Waals surface area contributed by atoms with Gasteiger partial charge in [-0.2, -0.15) is 0 Å². The molecule has 0 atom stereocenters. The molecule has 1 fully saturated rings. The van der Waals surface area contributed by atoms with E-state index in [-0.39, 0.29) is 24.2 Å². The maximum atomic E-state index is 13.3. The van der Waals surface area contributed by atoms with Gasteiger partial charge in [0.15, 0.2) is 0 Å². The number of morpholine rings is 1. The molecule has 0 aliphatic carbocycles. The molecule has 0 unspecified atom stereocenters. The van der Waals surface area contributed by atoms with Crippen molar-refractivity contribution in [2.45, 2.75) is 0 Å². The van der Waals surface area contributed by atoms with E-state index in [1.807, 2.05) is 24.3 Å². The molecule has 1 aliphatic rings. The van der Waals surface area contributed by atoms with Crippen molar-refractivity contribution in [2.75, 3.05) is 39.9 Å². The minimum Gasteiger partial charge on any atom is -0.378 e. The lowest BCUT2D eigenvalue weighted by Crippen LogP contribution is -2.46. The van der Waals surface area contributed by atoms with Crippen molar-refractivity contribution in [3.63, 3.8) is 0 Å². The summed E-state index contributed by atoms with van der Waals surface area (Å²) in [6, 6.07) is 15.1. The average molecular weight is 407 g/mol. The first kappa shape index (κ1) is 20.0. The fourth-order valence-corrected chi connectivity index (χ4v) is 3.51. The third-order valence-corrected chi connectivity index (χ3v) is 5.17. The van der Waals surface area contributed by atoms with E-state index in [0.29, 0.717) is 54.0 Å². The Kier molecular flexibility index (Phi) is 5.72. The highest BCUT2D eigenvalue weighted by atomic mass is 19.1. The van der Waals surface area contributed by atoms with Crippen LogP contribution in [0.25, 0.3) is 22.2 Å². The first-order valence-electron chi connectivity index (χ1n) is 9.79. The summed E-state index contributed by atoms with van der Waals surface area (Å²) in [4.78, 5) is 33.6. The van der Waals surface area contributed by atoms with Crippen LogP contribution in [0.3, 0.4) is 0 Å². The number of amides is 2. The van der Waals surface area contributed by atoms with E-state index in [4.69, 9.17) is 4.74 Å². The standard InChI is InChI=1S/C23H22FN3O3/c1-26(15-22(28)27-10-12-30-13-11-27)23(29)19-14-21(16-6-8-17(24)9-7-16)25-20-5-3-2-4-18(19)20/h2-9,14H,10-13,15H2,1H3. The maximum absolute atomic E-state index is 13.3. The summed E-state index contributed by atoms with van der Waals surface area (Å²) in [5.41, 5.74) is 2.40. The van der Waals surface area contributed by atoms with Crippen LogP contribution >= 0.6 is 0 Å². The predicted molar refractivity (Wildman–Crippen MR) is 111 cm³/mol. The molecular formula is C23H22FN3O3. The Morgan fingerprint density at radius 3 is 2.53 bits per heavy atom. The second-order valence-corrected chi connectivity index (χ2v) is 7.23.